The predicted octanol–water partition coefficient (Wildman–Crippen LogP) is 9.47. The Morgan fingerprint density at radius 2 is 1.00 bits per heavy atom. The van der Waals surface area contributed by atoms with Gasteiger partial charge in [-0.3, -0.25) is 0 Å². The van der Waals surface area contributed by atoms with Crippen molar-refractivity contribution in [3.05, 3.63) is 46.2 Å². The number of rotatable bonds is 2. The van der Waals surface area contributed by atoms with Crippen LogP contribution < -0.4 is 0 Å². The Kier molecular flexibility index (Phi) is 3.53. The Labute approximate surface area is 174 Å². The monoisotopic (exact) mass is 444 g/mol. The highest BCUT2D eigenvalue weighted by molar-refractivity contribution is 7.50. The first-order chi connectivity index (χ1) is 12.7. The maximum atomic E-state index is 2.41. The third-order valence-corrected chi connectivity index (χ3v) is 12.0. The molecule has 0 saturated heterocycles. The molecular weight excluding hydrogens is 433 g/mol. The lowest BCUT2D eigenvalue weighted by molar-refractivity contribution is 1.56. The van der Waals surface area contributed by atoms with Crippen molar-refractivity contribution in [2.45, 2.75) is 13.8 Å². The first-order valence-electron chi connectivity index (χ1n) is 8.15. The van der Waals surface area contributed by atoms with E-state index in [1.54, 1.807) is 0 Å². The molecule has 6 aromatic heterocycles. The zero-order chi connectivity index (χ0) is 17.4. The summed E-state index contributed by atoms with van der Waals surface area (Å²) in [6, 6.07) is 9.43. The van der Waals surface area contributed by atoms with E-state index in [2.05, 4.69) is 48.9 Å². The second kappa shape index (κ2) is 5.74. The Morgan fingerprint density at radius 3 is 1.38 bits per heavy atom. The van der Waals surface area contributed by atoms with Gasteiger partial charge in [-0.05, 0) is 60.0 Å². The van der Waals surface area contributed by atoms with Crippen LogP contribution in [-0.2, 0) is 0 Å². The summed E-state index contributed by atoms with van der Waals surface area (Å²) >= 11 is 11.6. The topological polar surface area (TPSA) is 0 Å². The molecule has 6 rings (SSSR count). The highest BCUT2D eigenvalue weighted by Gasteiger charge is 2.18. The van der Waals surface area contributed by atoms with Gasteiger partial charge in [0, 0.05) is 30.3 Å². The lowest BCUT2D eigenvalue weighted by atomic mass is 10.2. The smallest absolute Gasteiger partial charge is 0.0893 e. The Hall–Kier alpha value is -1.02. The highest BCUT2D eigenvalue weighted by atomic mass is 32.2. The number of hydrogen-bond acceptors (Lipinski definition) is 6. The molecule has 0 bridgehead atoms. The van der Waals surface area contributed by atoms with E-state index in [9.17, 15) is 0 Å². The van der Waals surface area contributed by atoms with E-state index >= 15 is 0 Å². The quantitative estimate of drug-likeness (QED) is 0.249. The molecule has 0 saturated carbocycles. The molecule has 26 heavy (non-hydrogen) atoms. The van der Waals surface area contributed by atoms with Gasteiger partial charge in [0.2, 0.25) is 0 Å². The maximum absolute atomic E-state index is 2.41. The fourth-order valence-electron chi connectivity index (χ4n) is 3.21. The van der Waals surface area contributed by atoms with Gasteiger partial charge in [-0.25, -0.2) is 0 Å². The predicted molar refractivity (Wildman–Crippen MR) is 127 cm³/mol. The molecule has 6 heteroatoms. The highest BCUT2D eigenvalue weighted by Crippen LogP contribution is 2.52. The first kappa shape index (κ1) is 16.0. The molecule has 0 spiro atoms. The van der Waals surface area contributed by atoms with Gasteiger partial charge in [0.25, 0.3) is 0 Å². The molecule has 0 aliphatic carbocycles. The van der Waals surface area contributed by atoms with E-state index < -0.39 is 0 Å². The molecule has 0 N–H and O–H groups in total. The first-order valence-corrected chi connectivity index (χ1v) is 13.2. The molecule has 0 fully saturated rings. The van der Waals surface area contributed by atoms with Crippen molar-refractivity contribution >= 4 is 96.2 Å². The average molecular weight is 445 g/mol. The van der Waals surface area contributed by atoms with E-state index in [1.165, 1.54) is 58.8 Å². The third kappa shape index (κ3) is 2.33. The van der Waals surface area contributed by atoms with Crippen LogP contribution in [0.25, 0.3) is 47.7 Å². The lowest BCUT2D eigenvalue weighted by Gasteiger charge is -1.88. The largest absolute Gasteiger partial charge is 0.143 e. The average Bonchev–Trinajstić information content (AvgIpc) is 3.36. The van der Waals surface area contributed by atoms with Gasteiger partial charge in [-0.15, -0.1) is 68.0 Å². The normalized spacial score (nSPS) is 12.2. The molecule has 0 aliphatic rings. The van der Waals surface area contributed by atoms with Crippen LogP contribution in [0.2, 0.25) is 0 Å². The van der Waals surface area contributed by atoms with Crippen molar-refractivity contribution in [2.75, 3.05) is 0 Å². The number of hydrogen-bond donors (Lipinski definition) is 0. The molecule has 0 nitrogen and oxygen atoms in total. The van der Waals surface area contributed by atoms with Gasteiger partial charge < -0.3 is 0 Å². The molecule has 6 aromatic rings. The minimum Gasteiger partial charge on any atom is -0.143 e. The van der Waals surface area contributed by atoms with Crippen molar-refractivity contribution in [2.24, 2.45) is 0 Å². The van der Waals surface area contributed by atoms with Crippen LogP contribution >= 0.6 is 68.0 Å². The van der Waals surface area contributed by atoms with Gasteiger partial charge in [-0.2, -0.15) is 0 Å². The Morgan fingerprint density at radius 1 is 0.538 bits per heavy atom. The lowest BCUT2D eigenvalue weighted by Crippen LogP contribution is -1.61. The van der Waals surface area contributed by atoms with Crippen molar-refractivity contribution < 1.29 is 0 Å². The Bertz CT molecular complexity index is 1300. The molecule has 0 unspecified atom stereocenters. The summed E-state index contributed by atoms with van der Waals surface area (Å²) in [5, 5.41) is 7.40. The fourth-order valence-corrected chi connectivity index (χ4v) is 10.7. The van der Waals surface area contributed by atoms with Crippen LogP contribution in [0, 0.1) is 13.8 Å². The summed E-state index contributed by atoms with van der Waals surface area (Å²) in [5.74, 6) is 0. The van der Waals surface area contributed by atoms with Crippen LogP contribution in [0.1, 0.15) is 11.1 Å². The molecule has 0 amide bonds. The van der Waals surface area contributed by atoms with E-state index in [0.29, 0.717) is 0 Å². The zero-order valence-corrected chi connectivity index (χ0v) is 18.8. The summed E-state index contributed by atoms with van der Waals surface area (Å²) in [5.41, 5.74) is 2.72. The summed E-state index contributed by atoms with van der Waals surface area (Å²) in [4.78, 5) is 5.63. The fraction of sp³-hybridized carbons (Fsp3) is 0.100. The SMILES string of the molecule is Cc1csc(-c2cc3c(s2)sc2c4cc(-c5cc(C)cs5)sc4sc32)c1. The molecule has 0 aliphatic heterocycles. The van der Waals surface area contributed by atoms with Crippen LogP contribution in [0.5, 0.6) is 0 Å². The number of aryl methyl sites for hydroxylation is 2. The maximum Gasteiger partial charge on any atom is 0.0893 e. The Balaban J connectivity index is 1.53. The zero-order valence-electron chi connectivity index (χ0n) is 13.9. The molecule has 128 valence electrons. The van der Waals surface area contributed by atoms with E-state index in [4.69, 9.17) is 0 Å². The van der Waals surface area contributed by atoms with Crippen LogP contribution in [0.4, 0.5) is 0 Å². The molecule has 6 heterocycles. The van der Waals surface area contributed by atoms with Gasteiger partial charge in [0.15, 0.2) is 0 Å². The van der Waals surface area contributed by atoms with Gasteiger partial charge in [0.1, 0.15) is 0 Å². The molecule has 0 radical (unpaired) electrons. The summed E-state index contributed by atoms with van der Waals surface area (Å²) in [7, 11) is 0. The molecule has 0 atom stereocenters. The van der Waals surface area contributed by atoms with Crippen molar-refractivity contribution in [3.8, 4) is 19.5 Å². The van der Waals surface area contributed by atoms with Crippen molar-refractivity contribution in [3.63, 3.8) is 0 Å². The second-order valence-corrected chi connectivity index (χ2v) is 12.9. The van der Waals surface area contributed by atoms with E-state index in [-0.39, 0.29) is 0 Å². The third-order valence-electron chi connectivity index (χ3n) is 4.43. The minimum atomic E-state index is 1.36. The van der Waals surface area contributed by atoms with Crippen LogP contribution in [0.3, 0.4) is 0 Å². The van der Waals surface area contributed by atoms with Crippen LogP contribution in [0.15, 0.2) is 35.0 Å². The van der Waals surface area contributed by atoms with E-state index in [1.807, 2.05) is 68.0 Å². The molecule has 0 aromatic carbocycles. The van der Waals surface area contributed by atoms with E-state index in [0.717, 1.165) is 0 Å². The van der Waals surface area contributed by atoms with Gasteiger partial charge in [-0.1, -0.05) is 0 Å². The van der Waals surface area contributed by atoms with Gasteiger partial charge in [0.05, 0.1) is 17.4 Å². The van der Waals surface area contributed by atoms with Crippen molar-refractivity contribution in [1.82, 2.24) is 0 Å². The summed E-state index contributed by atoms with van der Waals surface area (Å²) in [6.45, 7) is 4.35. The standard InChI is InChI=1S/C20H12S6/c1-9-3-13(21-7-9)15-5-11-17-18(25-19(11)23-15)12-6-16(24-20(12)26-17)14-4-10(2)8-22-14/h3-8H,1-2H3. The van der Waals surface area contributed by atoms with Crippen molar-refractivity contribution in [1.29, 1.82) is 0 Å². The molecular formula is C20H12S6. The number of thiophene rings is 6. The second-order valence-electron chi connectivity index (χ2n) is 6.46. The number of fused-ring (bicyclic) bond motifs is 5. The van der Waals surface area contributed by atoms with Gasteiger partial charge >= 0.3 is 0 Å². The van der Waals surface area contributed by atoms with Crippen LogP contribution in [-0.4, -0.2) is 0 Å². The summed E-state index contributed by atoms with van der Waals surface area (Å²) in [6.07, 6.45) is 0. The summed E-state index contributed by atoms with van der Waals surface area (Å²) < 4.78 is 5.90. The minimum absolute atomic E-state index is 1.36.